The van der Waals surface area contributed by atoms with Gasteiger partial charge in [-0.05, 0) is 32.4 Å². The Morgan fingerprint density at radius 1 is 1.27 bits per heavy atom. The first-order valence-corrected chi connectivity index (χ1v) is 5.33. The van der Waals surface area contributed by atoms with Crippen LogP contribution in [-0.2, 0) is 0 Å². The lowest BCUT2D eigenvalue weighted by atomic mass is 10.1. The van der Waals surface area contributed by atoms with Gasteiger partial charge < -0.3 is 5.73 Å². The number of rotatable bonds is 2. The van der Waals surface area contributed by atoms with Crippen molar-refractivity contribution in [2.75, 3.05) is 0 Å². The zero-order valence-electron chi connectivity index (χ0n) is 9.44. The molecule has 0 bridgehead atoms. The van der Waals surface area contributed by atoms with E-state index in [-0.39, 0.29) is 6.04 Å². The molecule has 2 N–H and O–H groups in total. The minimum absolute atomic E-state index is 0.0542. The van der Waals surface area contributed by atoms with Gasteiger partial charge in [-0.15, -0.1) is 0 Å². The van der Waals surface area contributed by atoms with E-state index in [1.807, 2.05) is 23.9 Å². The molecule has 0 spiro atoms. The van der Waals surface area contributed by atoms with E-state index in [2.05, 4.69) is 31.1 Å². The molecule has 1 atom stereocenters. The first-order valence-electron chi connectivity index (χ1n) is 5.33. The third kappa shape index (κ3) is 1.63. The molecule has 2 rings (SSSR count). The van der Waals surface area contributed by atoms with Crippen LogP contribution in [0, 0.1) is 0 Å². The van der Waals surface area contributed by atoms with Crippen molar-refractivity contribution < 1.29 is 0 Å². The van der Waals surface area contributed by atoms with Crippen LogP contribution in [0.2, 0.25) is 0 Å². The van der Waals surface area contributed by atoms with Crippen molar-refractivity contribution >= 4 is 10.9 Å². The largest absolute Gasteiger partial charge is 0.324 e. The molecule has 1 aromatic heterocycles. The third-order valence-corrected chi connectivity index (χ3v) is 2.65. The molecule has 0 amide bonds. The molecule has 15 heavy (non-hydrogen) atoms. The fraction of sp³-hybridized carbons (Fsp3) is 0.417. The van der Waals surface area contributed by atoms with Crippen LogP contribution in [-0.4, -0.2) is 9.78 Å². The van der Waals surface area contributed by atoms with Gasteiger partial charge in [-0.1, -0.05) is 12.1 Å². The van der Waals surface area contributed by atoms with Gasteiger partial charge in [-0.25, -0.2) is 0 Å². The summed E-state index contributed by atoms with van der Waals surface area (Å²) in [5.74, 6) is 0. The number of hydrogen-bond acceptors (Lipinski definition) is 2. The Kier molecular flexibility index (Phi) is 2.49. The van der Waals surface area contributed by atoms with Gasteiger partial charge in [0.05, 0.1) is 11.7 Å². The summed E-state index contributed by atoms with van der Waals surface area (Å²) in [5.41, 5.74) is 8.26. The molecule has 80 valence electrons. The van der Waals surface area contributed by atoms with E-state index in [4.69, 9.17) is 5.73 Å². The Balaban J connectivity index is 2.69. The predicted octanol–water partition coefficient (Wildman–Crippen LogP) is 2.64. The first kappa shape index (κ1) is 10.2. The van der Waals surface area contributed by atoms with Crippen molar-refractivity contribution in [2.24, 2.45) is 5.73 Å². The van der Waals surface area contributed by atoms with Crippen LogP contribution in [0.1, 0.15) is 38.4 Å². The van der Waals surface area contributed by atoms with Crippen LogP contribution in [0.3, 0.4) is 0 Å². The van der Waals surface area contributed by atoms with Crippen LogP contribution in [0.5, 0.6) is 0 Å². The molecule has 0 aliphatic rings. The van der Waals surface area contributed by atoms with Crippen LogP contribution in [0.15, 0.2) is 24.4 Å². The monoisotopic (exact) mass is 203 g/mol. The molecular weight excluding hydrogens is 186 g/mol. The van der Waals surface area contributed by atoms with Gasteiger partial charge in [0.1, 0.15) is 0 Å². The third-order valence-electron chi connectivity index (χ3n) is 2.65. The summed E-state index contributed by atoms with van der Waals surface area (Å²) in [4.78, 5) is 0. The second-order valence-corrected chi connectivity index (χ2v) is 4.25. The SMILES string of the molecule is CC(N)c1cccc2c1cnn2C(C)C. The highest BCUT2D eigenvalue weighted by molar-refractivity contribution is 5.82. The van der Waals surface area contributed by atoms with Crippen LogP contribution >= 0.6 is 0 Å². The number of nitrogens with zero attached hydrogens (tertiary/aromatic N) is 2. The number of fused-ring (bicyclic) bond motifs is 1. The summed E-state index contributed by atoms with van der Waals surface area (Å²) < 4.78 is 2.03. The molecule has 0 aliphatic carbocycles. The summed E-state index contributed by atoms with van der Waals surface area (Å²) in [6.45, 7) is 6.26. The summed E-state index contributed by atoms with van der Waals surface area (Å²) in [7, 11) is 0. The summed E-state index contributed by atoms with van der Waals surface area (Å²) in [6.07, 6.45) is 1.91. The maximum Gasteiger partial charge on any atom is 0.0688 e. The average Bonchev–Trinajstić information content (AvgIpc) is 2.59. The quantitative estimate of drug-likeness (QED) is 0.815. The van der Waals surface area contributed by atoms with Gasteiger partial charge >= 0.3 is 0 Å². The zero-order valence-corrected chi connectivity index (χ0v) is 9.44. The first-order chi connectivity index (χ1) is 7.11. The molecule has 3 heteroatoms. The van der Waals surface area contributed by atoms with E-state index in [9.17, 15) is 0 Å². The van der Waals surface area contributed by atoms with Crippen molar-refractivity contribution in [3.8, 4) is 0 Å². The minimum Gasteiger partial charge on any atom is -0.324 e. The van der Waals surface area contributed by atoms with Gasteiger partial charge in [-0.2, -0.15) is 5.10 Å². The normalized spacial score (nSPS) is 13.7. The molecule has 0 radical (unpaired) electrons. The minimum atomic E-state index is 0.0542. The molecule has 0 fully saturated rings. The number of nitrogens with two attached hydrogens (primary N) is 1. The van der Waals surface area contributed by atoms with Crippen LogP contribution < -0.4 is 5.73 Å². The highest BCUT2D eigenvalue weighted by Crippen LogP contribution is 2.24. The number of benzene rings is 1. The van der Waals surface area contributed by atoms with Gasteiger partial charge in [0, 0.05) is 17.5 Å². The van der Waals surface area contributed by atoms with E-state index < -0.39 is 0 Å². The van der Waals surface area contributed by atoms with Gasteiger partial charge in [0.25, 0.3) is 0 Å². The Labute approximate surface area is 89.9 Å². The van der Waals surface area contributed by atoms with E-state index in [1.54, 1.807) is 0 Å². The maximum absolute atomic E-state index is 5.93. The van der Waals surface area contributed by atoms with Gasteiger partial charge in [-0.3, -0.25) is 4.68 Å². The molecule has 3 nitrogen and oxygen atoms in total. The highest BCUT2D eigenvalue weighted by Gasteiger charge is 2.10. The van der Waals surface area contributed by atoms with Gasteiger partial charge in [0.15, 0.2) is 0 Å². The Morgan fingerprint density at radius 3 is 2.60 bits per heavy atom. The lowest BCUT2D eigenvalue weighted by molar-refractivity contribution is 0.551. The summed E-state index contributed by atoms with van der Waals surface area (Å²) in [6, 6.07) is 6.64. The molecule has 0 saturated heterocycles. The Bertz CT molecular complexity index is 469. The lowest BCUT2D eigenvalue weighted by Gasteiger charge is -2.09. The van der Waals surface area contributed by atoms with Crippen molar-refractivity contribution in [3.05, 3.63) is 30.0 Å². The molecule has 0 aliphatic heterocycles. The molecule has 2 aromatic rings. The maximum atomic E-state index is 5.93. The van der Waals surface area contributed by atoms with Gasteiger partial charge in [0.2, 0.25) is 0 Å². The summed E-state index contributed by atoms with van der Waals surface area (Å²) >= 11 is 0. The van der Waals surface area contributed by atoms with E-state index in [1.165, 1.54) is 16.5 Å². The molecule has 0 saturated carbocycles. The van der Waals surface area contributed by atoms with Crippen molar-refractivity contribution in [3.63, 3.8) is 0 Å². The van der Waals surface area contributed by atoms with Crippen molar-refractivity contribution in [2.45, 2.75) is 32.9 Å². The summed E-state index contributed by atoms with van der Waals surface area (Å²) in [5, 5.41) is 5.57. The fourth-order valence-electron chi connectivity index (χ4n) is 1.90. The second kappa shape index (κ2) is 3.66. The highest BCUT2D eigenvalue weighted by atomic mass is 15.3. The van der Waals surface area contributed by atoms with E-state index in [0.717, 1.165) is 0 Å². The Hall–Kier alpha value is -1.35. The molecule has 1 aromatic carbocycles. The van der Waals surface area contributed by atoms with Crippen LogP contribution in [0.4, 0.5) is 0 Å². The van der Waals surface area contributed by atoms with Crippen LogP contribution in [0.25, 0.3) is 10.9 Å². The van der Waals surface area contributed by atoms with E-state index in [0.29, 0.717) is 6.04 Å². The zero-order chi connectivity index (χ0) is 11.0. The average molecular weight is 203 g/mol. The van der Waals surface area contributed by atoms with Crippen molar-refractivity contribution in [1.82, 2.24) is 9.78 Å². The second-order valence-electron chi connectivity index (χ2n) is 4.25. The van der Waals surface area contributed by atoms with E-state index >= 15 is 0 Å². The number of hydrogen-bond donors (Lipinski definition) is 1. The lowest BCUT2D eigenvalue weighted by Crippen LogP contribution is -2.06. The topological polar surface area (TPSA) is 43.8 Å². The predicted molar refractivity (Wildman–Crippen MR) is 62.7 cm³/mol. The molecular formula is C12H17N3. The number of aromatic nitrogens is 2. The fourth-order valence-corrected chi connectivity index (χ4v) is 1.90. The molecule has 1 heterocycles. The van der Waals surface area contributed by atoms with Crippen molar-refractivity contribution in [1.29, 1.82) is 0 Å². The Morgan fingerprint density at radius 2 is 2.00 bits per heavy atom. The standard InChI is InChI=1S/C12H17N3/c1-8(2)15-12-6-4-5-10(9(3)13)11(12)7-14-15/h4-9H,13H2,1-3H3. The molecule has 1 unspecified atom stereocenters. The smallest absolute Gasteiger partial charge is 0.0688 e.